The lowest BCUT2D eigenvalue weighted by Crippen LogP contribution is -2.72. The Bertz CT molecular complexity index is 900. The second kappa shape index (κ2) is 9.01. The third kappa shape index (κ3) is 4.60. The summed E-state index contributed by atoms with van der Waals surface area (Å²) in [5.41, 5.74) is 1.19. The maximum absolute atomic E-state index is 12.9. The summed E-state index contributed by atoms with van der Waals surface area (Å²) in [7, 11) is 1.18. The normalized spacial score (nSPS) is 18.6. The average Bonchev–Trinajstić information content (AvgIpc) is 2.75. The predicted molar refractivity (Wildman–Crippen MR) is 101 cm³/mol. The Balaban J connectivity index is 1.74. The van der Waals surface area contributed by atoms with Crippen LogP contribution in [0.15, 0.2) is 60.7 Å². The molecule has 3 rings (SSSR count). The van der Waals surface area contributed by atoms with Crippen molar-refractivity contribution in [3.8, 4) is 0 Å². The number of esters is 2. The zero-order valence-electron chi connectivity index (χ0n) is 15.7. The fourth-order valence-electron chi connectivity index (χ4n) is 2.94. The number of amides is 2. The van der Waals surface area contributed by atoms with E-state index in [4.69, 9.17) is 4.74 Å². The molecule has 1 aliphatic heterocycles. The molecule has 3 atom stereocenters. The molecule has 0 bridgehead atoms. The Labute approximate surface area is 167 Å². The van der Waals surface area contributed by atoms with Crippen LogP contribution in [0.5, 0.6) is 0 Å². The molecule has 2 aromatic rings. The lowest BCUT2D eigenvalue weighted by molar-refractivity contribution is -0.155. The Hall–Kier alpha value is -3.68. The number of methoxy groups -OCH3 is 1. The van der Waals surface area contributed by atoms with E-state index in [0.717, 1.165) is 5.56 Å². The minimum atomic E-state index is -1.29. The predicted octanol–water partition coefficient (Wildman–Crippen LogP) is 0.670. The number of carbonyl (C=O) groups is 4. The number of ether oxygens (including phenoxy) is 2. The van der Waals surface area contributed by atoms with Crippen LogP contribution in [0.2, 0.25) is 0 Å². The highest BCUT2D eigenvalue weighted by molar-refractivity contribution is 6.07. The van der Waals surface area contributed by atoms with E-state index < -0.39 is 41.8 Å². The number of β-lactam (4-membered cyclic amide) rings is 1. The summed E-state index contributed by atoms with van der Waals surface area (Å²) in [6.45, 7) is 0.00495. The molecule has 0 aromatic heterocycles. The van der Waals surface area contributed by atoms with Gasteiger partial charge in [0.25, 0.3) is 0 Å². The molecule has 1 saturated heterocycles. The molecule has 0 radical (unpaired) electrons. The monoisotopic (exact) mass is 396 g/mol. The van der Waals surface area contributed by atoms with E-state index in [9.17, 15) is 19.2 Å². The topological polar surface area (TPSA) is 111 Å². The third-order valence-electron chi connectivity index (χ3n) is 4.52. The molecule has 29 heavy (non-hydrogen) atoms. The zero-order valence-corrected chi connectivity index (χ0v) is 15.7. The Morgan fingerprint density at radius 3 is 2.24 bits per heavy atom. The molecule has 2 amide bonds. The summed E-state index contributed by atoms with van der Waals surface area (Å²) < 4.78 is 9.93. The third-order valence-corrected chi connectivity index (χ3v) is 4.52. The van der Waals surface area contributed by atoms with E-state index in [1.54, 1.807) is 42.5 Å². The lowest BCUT2D eigenvalue weighted by Gasteiger charge is -2.35. The Morgan fingerprint density at radius 1 is 1.03 bits per heavy atom. The van der Waals surface area contributed by atoms with Crippen LogP contribution in [-0.2, 0) is 35.3 Å². The first-order chi connectivity index (χ1) is 14.0. The fraction of sp³-hybridized carbons (Fsp3) is 0.238. The first kappa shape index (κ1) is 20.1. The van der Waals surface area contributed by atoms with Gasteiger partial charge in [0.05, 0.1) is 7.11 Å². The first-order valence-corrected chi connectivity index (χ1v) is 8.95. The molecule has 8 heteroatoms. The molecule has 0 aliphatic carbocycles. The van der Waals surface area contributed by atoms with Crippen LogP contribution in [-0.4, -0.2) is 42.9 Å². The minimum absolute atomic E-state index is 0.00495. The summed E-state index contributed by atoms with van der Waals surface area (Å²) >= 11 is 0. The van der Waals surface area contributed by atoms with Gasteiger partial charge in [-0.2, -0.15) is 0 Å². The molecule has 2 aromatic carbocycles. The molecule has 8 nitrogen and oxygen atoms in total. The van der Waals surface area contributed by atoms with E-state index in [-0.39, 0.29) is 6.61 Å². The van der Waals surface area contributed by atoms with Gasteiger partial charge in [-0.1, -0.05) is 60.7 Å². The van der Waals surface area contributed by atoms with Crippen LogP contribution in [0.4, 0.5) is 0 Å². The minimum Gasteiger partial charge on any atom is -0.467 e. The van der Waals surface area contributed by atoms with Crippen LogP contribution in [0.25, 0.3) is 0 Å². The summed E-state index contributed by atoms with van der Waals surface area (Å²) in [4.78, 5) is 49.1. The molecular weight excluding hydrogens is 376 g/mol. The number of hydrogen-bond donors (Lipinski definition) is 2. The van der Waals surface area contributed by atoms with Gasteiger partial charge in [-0.15, -0.1) is 0 Å². The zero-order chi connectivity index (χ0) is 20.8. The number of benzene rings is 2. The van der Waals surface area contributed by atoms with Crippen molar-refractivity contribution in [1.29, 1.82) is 0 Å². The summed E-state index contributed by atoms with van der Waals surface area (Å²) in [5, 5.41) is 4.82. The highest BCUT2D eigenvalue weighted by Gasteiger charge is 2.47. The number of nitrogens with one attached hydrogen (secondary N) is 2. The quantitative estimate of drug-likeness (QED) is 0.404. The van der Waals surface area contributed by atoms with Crippen molar-refractivity contribution in [1.82, 2.24) is 10.6 Å². The molecule has 0 saturated carbocycles. The molecule has 150 valence electrons. The van der Waals surface area contributed by atoms with Gasteiger partial charge in [-0.3, -0.25) is 14.4 Å². The fourth-order valence-corrected chi connectivity index (χ4v) is 2.94. The summed E-state index contributed by atoms with van der Waals surface area (Å²) in [6.07, 6.45) is 0. The van der Waals surface area contributed by atoms with E-state index in [0.29, 0.717) is 5.56 Å². The van der Waals surface area contributed by atoms with Crippen molar-refractivity contribution in [3.63, 3.8) is 0 Å². The largest absolute Gasteiger partial charge is 0.467 e. The van der Waals surface area contributed by atoms with E-state index in [1.165, 1.54) is 7.11 Å². The standard InChI is InChI=1S/C21H20N2O6/c1-28-21(27)17-16(19(25)23-17)22-18(24)15(14-10-6-3-7-11-14)20(26)29-12-13-8-4-2-5-9-13/h2-11,15-17H,12H2,1H3,(H,22,24)(H,23,25)/t15?,16-,17-/m0/s1. The van der Waals surface area contributed by atoms with Gasteiger partial charge < -0.3 is 20.1 Å². The van der Waals surface area contributed by atoms with Gasteiger partial charge in [0.2, 0.25) is 11.8 Å². The molecular formula is C21H20N2O6. The molecule has 0 spiro atoms. The van der Waals surface area contributed by atoms with Gasteiger partial charge >= 0.3 is 11.9 Å². The van der Waals surface area contributed by atoms with Crippen molar-refractivity contribution in [2.45, 2.75) is 24.6 Å². The second-order valence-corrected chi connectivity index (χ2v) is 6.43. The van der Waals surface area contributed by atoms with E-state index in [1.807, 2.05) is 18.2 Å². The number of hydrogen-bond acceptors (Lipinski definition) is 6. The molecule has 1 aliphatic rings. The van der Waals surface area contributed by atoms with Crippen LogP contribution in [0.1, 0.15) is 17.0 Å². The molecule has 2 N–H and O–H groups in total. The summed E-state index contributed by atoms with van der Waals surface area (Å²) in [6, 6.07) is 15.3. The van der Waals surface area contributed by atoms with Gasteiger partial charge in [-0.25, -0.2) is 4.79 Å². The molecule has 1 unspecified atom stereocenters. The van der Waals surface area contributed by atoms with Crippen LogP contribution >= 0.6 is 0 Å². The maximum atomic E-state index is 12.9. The van der Waals surface area contributed by atoms with Crippen molar-refractivity contribution in [2.75, 3.05) is 7.11 Å². The SMILES string of the molecule is COC(=O)[C@H]1NC(=O)[C@H]1NC(=O)C(C(=O)OCc1ccccc1)c1ccccc1. The molecule has 1 fully saturated rings. The van der Waals surface area contributed by atoms with Crippen molar-refractivity contribution >= 4 is 23.8 Å². The van der Waals surface area contributed by atoms with Crippen LogP contribution in [0.3, 0.4) is 0 Å². The van der Waals surface area contributed by atoms with Gasteiger partial charge in [0.15, 0.2) is 12.0 Å². The highest BCUT2D eigenvalue weighted by Crippen LogP contribution is 2.20. The Morgan fingerprint density at radius 2 is 1.66 bits per heavy atom. The smallest absolute Gasteiger partial charge is 0.331 e. The van der Waals surface area contributed by atoms with E-state index >= 15 is 0 Å². The average molecular weight is 396 g/mol. The van der Waals surface area contributed by atoms with Gasteiger partial charge in [0, 0.05) is 0 Å². The maximum Gasteiger partial charge on any atom is 0.331 e. The van der Waals surface area contributed by atoms with Crippen LogP contribution < -0.4 is 10.6 Å². The van der Waals surface area contributed by atoms with Crippen molar-refractivity contribution < 1.29 is 28.7 Å². The molecule has 1 heterocycles. The van der Waals surface area contributed by atoms with Gasteiger partial charge in [-0.05, 0) is 11.1 Å². The van der Waals surface area contributed by atoms with Gasteiger partial charge in [0.1, 0.15) is 12.6 Å². The summed E-state index contributed by atoms with van der Waals surface area (Å²) in [5.74, 6) is -3.99. The number of rotatable bonds is 7. The number of carbonyl (C=O) groups excluding carboxylic acids is 4. The first-order valence-electron chi connectivity index (χ1n) is 8.95. The highest BCUT2D eigenvalue weighted by atomic mass is 16.5. The van der Waals surface area contributed by atoms with Crippen molar-refractivity contribution in [3.05, 3.63) is 71.8 Å². The van der Waals surface area contributed by atoms with Crippen LogP contribution in [0, 0.1) is 0 Å². The lowest BCUT2D eigenvalue weighted by atomic mass is 9.94. The van der Waals surface area contributed by atoms with Crippen molar-refractivity contribution in [2.24, 2.45) is 0 Å². The second-order valence-electron chi connectivity index (χ2n) is 6.43. The Kier molecular flexibility index (Phi) is 6.23. The van der Waals surface area contributed by atoms with E-state index in [2.05, 4.69) is 15.4 Å².